The number of thiophene rings is 1. The maximum atomic E-state index is 13.2. The lowest BCUT2D eigenvalue weighted by molar-refractivity contribution is 0.103. The highest BCUT2D eigenvalue weighted by atomic mass is 32.1. The number of amides is 1. The summed E-state index contributed by atoms with van der Waals surface area (Å²) in [5, 5.41) is 2.52. The normalized spacial score (nSPS) is 12.1. The monoisotopic (exact) mass is 343 g/mol. The van der Waals surface area contributed by atoms with E-state index in [4.69, 9.17) is 4.74 Å². The fourth-order valence-electron chi connectivity index (χ4n) is 2.63. The number of rotatable bonds is 2. The third kappa shape index (κ3) is 2.65. The summed E-state index contributed by atoms with van der Waals surface area (Å²) in [6, 6.07) is 12.3. The van der Waals surface area contributed by atoms with Gasteiger partial charge in [0.1, 0.15) is 24.0 Å². The van der Waals surface area contributed by atoms with Crippen molar-refractivity contribution in [1.82, 2.24) is 0 Å². The van der Waals surface area contributed by atoms with E-state index < -0.39 is 17.5 Å². The molecule has 0 saturated heterocycles. The average Bonchev–Trinajstić information content (AvgIpc) is 2.98. The number of benzene rings is 2. The molecule has 0 fully saturated rings. The molecule has 1 aliphatic heterocycles. The first-order valence-corrected chi connectivity index (χ1v) is 8.04. The summed E-state index contributed by atoms with van der Waals surface area (Å²) in [4.78, 5) is 13.8. The Bertz CT molecular complexity index is 932. The van der Waals surface area contributed by atoms with Gasteiger partial charge in [0.2, 0.25) is 0 Å². The van der Waals surface area contributed by atoms with Crippen LogP contribution in [0, 0.1) is 11.6 Å². The van der Waals surface area contributed by atoms with Crippen LogP contribution in [0.4, 0.5) is 14.5 Å². The van der Waals surface area contributed by atoms with Crippen molar-refractivity contribution in [2.24, 2.45) is 0 Å². The summed E-state index contributed by atoms with van der Waals surface area (Å²) in [6.07, 6.45) is 0. The van der Waals surface area contributed by atoms with Crippen molar-refractivity contribution in [3.05, 3.63) is 70.6 Å². The summed E-state index contributed by atoms with van der Waals surface area (Å²) in [5.74, 6) is -1.10. The minimum Gasteiger partial charge on any atom is -0.488 e. The van der Waals surface area contributed by atoms with Crippen molar-refractivity contribution < 1.29 is 18.3 Å². The summed E-state index contributed by atoms with van der Waals surface area (Å²) < 4.78 is 32.1. The lowest BCUT2D eigenvalue weighted by Crippen LogP contribution is -2.10. The molecule has 2 aromatic carbocycles. The van der Waals surface area contributed by atoms with E-state index in [1.54, 1.807) is 6.07 Å². The van der Waals surface area contributed by atoms with E-state index in [1.165, 1.54) is 11.3 Å². The van der Waals surface area contributed by atoms with Crippen molar-refractivity contribution in [2.45, 2.75) is 6.61 Å². The van der Waals surface area contributed by atoms with Crippen LogP contribution < -0.4 is 10.1 Å². The first-order chi connectivity index (χ1) is 11.6. The molecular weight excluding hydrogens is 332 g/mol. The Morgan fingerprint density at radius 2 is 1.83 bits per heavy atom. The minimum absolute atomic E-state index is 0.0838. The van der Waals surface area contributed by atoms with Gasteiger partial charge in [-0.2, -0.15) is 0 Å². The number of anilines is 1. The Morgan fingerprint density at radius 3 is 2.62 bits per heavy atom. The van der Waals surface area contributed by atoms with Crippen molar-refractivity contribution in [2.75, 3.05) is 5.32 Å². The highest BCUT2D eigenvalue weighted by molar-refractivity contribution is 7.17. The van der Waals surface area contributed by atoms with Gasteiger partial charge in [0.15, 0.2) is 0 Å². The molecule has 24 heavy (non-hydrogen) atoms. The van der Waals surface area contributed by atoms with Crippen molar-refractivity contribution in [3.63, 3.8) is 0 Å². The number of hydrogen-bond donors (Lipinski definition) is 1. The number of nitrogens with one attached hydrogen (secondary N) is 1. The fourth-order valence-corrected chi connectivity index (χ4v) is 3.72. The molecule has 120 valence electrons. The van der Waals surface area contributed by atoms with Gasteiger partial charge < -0.3 is 10.1 Å². The zero-order chi connectivity index (χ0) is 16.7. The van der Waals surface area contributed by atoms with Crippen LogP contribution in [0.5, 0.6) is 5.75 Å². The van der Waals surface area contributed by atoms with Gasteiger partial charge in [-0.15, -0.1) is 11.3 Å². The van der Waals surface area contributed by atoms with Crippen molar-refractivity contribution in [1.29, 1.82) is 0 Å². The van der Waals surface area contributed by atoms with Crippen molar-refractivity contribution >= 4 is 22.9 Å². The van der Waals surface area contributed by atoms with Gasteiger partial charge in [-0.3, -0.25) is 4.79 Å². The molecule has 3 aromatic rings. The first-order valence-electron chi connectivity index (χ1n) is 7.22. The lowest BCUT2D eigenvalue weighted by atomic mass is 10.1. The molecule has 0 unspecified atom stereocenters. The molecule has 0 atom stereocenters. The average molecular weight is 343 g/mol. The zero-order valence-electron chi connectivity index (χ0n) is 12.3. The summed E-state index contributed by atoms with van der Waals surface area (Å²) in [5.41, 5.74) is 1.95. The molecule has 2 heterocycles. The number of fused-ring (bicyclic) bond motifs is 3. The number of hydrogen-bond acceptors (Lipinski definition) is 3. The second-order valence-corrected chi connectivity index (χ2v) is 6.41. The molecule has 0 bridgehead atoms. The highest BCUT2D eigenvalue weighted by Crippen LogP contribution is 2.42. The molecule has 0 saturated carbocycles. The van der Waals surface area contributed by atoms with E-state index in [1.807, 2.05) is 24.3 Å². The summed E-state index contributed by atoms with van der Waals surface area (Å²) in [7, 11) is 0. The molecule has 1 N–H and O–H groups in total. The second-order valence-electron chi connectivity index (χ2n) is 5.36. The Hall–Kier alpha value is -2.73. The van der Waals surface area contributed by atoms with Gasteiger partial charge >= 0.3 is 0 Å². The van der Waals surface area contributed by atoms with Crippen LogP contribution in [0.3, 0.4) is 0 Å². The molecule has 0 radical (unpaired) electrons. The Morgan fingerprint density at radius 1 is 1.08 bits per heavy atom. The SMILES string of the molecule is O=C(Nc1cc(F)cc(F)c1)c1cc2c(s1)-c1ccccc1OC2. The van der Waals surface area contributed by atoms with Gasteiger partial charge in [0.25, 0.3) is 5.91 Å². The molecule has 4 rings (SSSR count). The van der Waals surface area contributed by atoms with E-state index in [0.29, 0.717) is 11.5 Å². The number of carbonyl (C=O) groups excluding carboxylic acids is 1. The van der Waals surface area contributed by atoms with Crippen LogP contribution in [0.1, 0.15) is 15.2 Å². The Balaban J connectivity index is 1.64. The number of carbonyl (C=O) groups is 1. The second kappa shape index (κ2) is 5.72. The molecule has 0 spiro atoms. The van der Waals surface area contributed by atoms with E-state index in [0.717, 1.165) is 40.0 Å². The largest absolute Gasteiger partial charge is 0.488 e. The fraction of sp³-hybridized carbons (Fsp3) is 0.0556. The summed E-state index contributed by atoms with van der Waals surface area (Å²) >= 11 is 1.33. The topological polar surface area (TPSA) is 38.3 Å². The van der Waals surface area contributed by atoms with Gasteiger partial charge in [0.05, 0.1) is 4.88 Å². The quantitative estimate of drug-likeness (QED) is 0.723. The maximum absolute atomic E-state index is 13.2. The van der Waals surface area contributed by atoms with Crippen molar-refractivity contribution in [3.8, 4) is 16.2 Å². The minimum atomic E-state index is -0.738. The predicted octanol–water partition coefficient (Wildman–Crippen LogP) is 4.84. The van der Waals surface area contributed by atoms with Crippen LogP contribution in [-0.2, 0) is 6.61 Å². The highest BCUT2D eigenvalue weighted by Gasteiger charge is 2.22. The molecule has 3 nitrogen and oxygen atoms in total. The van der Waals surface area contributed by atoms with Crippen LogP contribution >= 0.6 is 11.3 Å². The maximum Gasteiger partial charge on any atom is 0.265 e. The lowest BCUT2D eigenvalue weighted by Gasteiger charge is -2.16. The first kappa shape index (κ1) is 14.8. The number of ether oxygens (including phenoxy) is 1. The smallest absolute Gasteiger partial charge is 0.265 e. The third-order valence-electron chi connectivity index (χ3n) is 3.67. The Labute approximate surface area is 140 Å². The van der Waals surface area contributed by atoms with Crippen LogP contribution in [0.15, 0.2) is 48.5 Å². The third-order valence-corrected chi connectivity index (χ3v) is 4.88. The van der Waals surface area contributed by atoms with E-state index in [9.17, 15) is 13.6 Å². The Kier molecular flexibility index (Phi) is 3.54. The van der Waals surface area contributed by atoms with E-state index in [-0.39, 0.29) is 5.69 Å². The van der Waals surface area contributed by atoms with Gasteiger partial charge in [0, 0.05) is 27.8 Å². The molecular formula is C18H11F2NO2S. The van der Waals surface area contributed by atoms with E-state index in [2.05, 4.69) is 5.32 Å². The molecule has 0 aliphatic carbocycles. The summed E-state index contributed by atoms with van der Waals surface area (Å²) in [6.45, 7) is 0.394. The number of halogens is 2. The van der Waals surface area contributed by atoms with Crippen LogP contribution in [-0.4, -0.2) is 5.91 Å². The van der Waals surface area contributed by atoms with E-state index >= 15 is 0 Å². The standard InChI is InChI=1S/C18H11F2NO2S/c19-11-6-12(20)8-13(7-11)21-18(22)16-5-10-9-23-15-4-2-1-3-14(15)17(10)24-16/h1-8H,9H2,(H,21,22). The molecule has 1 aromatic heterocycles. The molecule has 6 heteroatoms. The van der Waals surface area contributed by atoms with Gasteiger partial charge in [-0.1, -0.05) is 12.1 Å². The molecule has 1 amide bonds. The van der Waals surface area contributed by atoms with Gasteiger partial charge in [-0.25, -0.2) is 8.78 Å². The number of para-hydroxylation sites is 1. The van der Waals surface area contributed by atoms with Crippen LogP contribution in [0.25, 0.3) is 10.4 Å². The predicted molar refractivity (Wildman–Crippen MR) is 88.4 cm³/mol. The van der Waals surface area contributed by atoms with Gasteiger partial charge in [-0.05, 0) is 30.3 Å². The zero-order valence-corrected chi connectivity index (χ0v) is 13.1. The molecule has 1 aliphatic rings. The van der Waals surface area contributed by atoms with Crippen LogP contribution in [0.2, 0.25) is 0 Å².